The van der Waals surface area contributed by atoms with E-state index in [2.05, 4.69) is 27.3 Å². The first-order chi connectivity index (χ1) is 10.8. The molecule has 0 saturated carbocycles. The molecule has 5 heteroatoms. The first-order valence-electron chi connectivity index (χ1n) is 7.39. The van der Waals surface area contributed by atoms with E-state index in [9.17, 15) is 0 Å². The monoisotopic (exact) mass is 312 g/mol. The third kappa shape index (κ3) is 3.32. The van der Waals surface area contributed by atoms with E-state index in [1.54, 1.807) is 6.07 Å². The van der Waals surface area contributed by atoms with Crippen LogP contribution in [-0.2, 0) is 0 Å². The third-order valence-corrected chi connectivity index (χ3v) is 4.13. The molecule has 1 aromatic heterocycles. The molecule has 0 spiro atoms. The summed E-state index contributed by atoms with van der Waals surface area (Å²) in [6.07, 6.45) is 2.22. The van der Waals surface area contributed by atoms with Crippen molar-refractivity contribution in [1.29, 1.82) is 5.26 Å². The molecule has 1 fully saturated rings. The Morgan fingerprint density at radius 3 is 2.82 bits per heavy atom. The fourth-order valence-electron chi connectivity index (χ4n) is 2.76. The summed E-state index contributed by atoms with van der Waals surface area (Å²) < 4.78 is 0. The van der Waals surface area contributed by atoms with Gasteiger partial charge in [-0.3, -0.25) is 0 Å². The second-order valence-electron chi connectivity index (χ2n) is 5.41. The first-order valence-corrected chi connectivity index (χ1v) is 7.77. The normalized spacial score (nSPS) is 17.8. The van der Waals surface area contributed by atoms with Gasteiger partial charge in [0.05, 0.1) is 5.02 Å². The van der Waals surface area contributed by atoms with Gasteiger partial charge in [0.15, 0.2) is 5.69 Å². The molecule has 0 bridgehead atoms. The van der Waals surface area contributed by atoms with Crippen LogP contribution in [0, 0.1) is 11.3 Å². The SMILES string of the molecule is N#Cc1nc(N2CCCC(Nc3ccccc3)C2)ccc1Cl. The van der Waals surface area contributed by atoms with Crippen molar-refractivity contribution >= 4 is 23.1 Å². The Hall–Kier alpha value is -2.25. The zero-order chi connectivity index (χ0) is 15.4. The fourth-order valence-corrected chi connectivity index (χ4v) is 2.91. The van der Waals surface area contributed by atoms with Crippen LogP contribution >= 0.6 is 11.6 Å². The van der Waals surface area contributed by atoms with E-state index in [-0.39, 0.29) is 5.69 Å². The van der Waals surface area contributed by atoms with Gasteiger partial charge in [-0.15, -0.1) is 0 Å². The molecule has 1 atom stereocenters. The molecule has 1 aliphatic rings. The highest BCUT2D eigenvalue weighted by Crippen LogP contribution is 2.23. The van der Waals surface area contributed by atoms with Gasteiger partial charge in [0.25, 0.3) is 0 Å². The molecule has 4 nitrogen and oxygen atoms in total. The largest absolute Gasteiger partial charge is 0.381 e. The molecule has 2 heterocycles. The molecule has 0 radical (unpaired) electrons. The molecule has 1 aliphatic heterocycles. The standard InChI is InChI=1S/C17H17ClN4/c18-15-8-9-17(21-16(15)11-19)22-10-4-7-14(12-22)20-13-5-2-1-3-6-13/h1-3,5-6,8-9,14,20H,4,7,10,12H2. The topological polar surface area (TPSA) is 52.0 Å². The molecule has 22 heavy (non-hydrogen) atoms. The molecule has 1 N–H and O–H groups in total. The number of para-hydroxylation sites is 1. The molecule has 1 saturated heterocycles. The predicted octanol–water partition coefficient (Wildman–Crippen LogP) is 3.69. The van der Waals surface area contributed by atoms with Crippen LogP contribution in [0.5, 0.6) is 0 Å². The lowest BCUT2D eigenvalue weighted by Gasteiger charge is -2.34. The zero-order valence-corrected chi connectivity index (χ0v) is 12.9. The van der Waals surface area contributed by atoms with E-state index in [1.165, 1.54) is 0 Å². The molecule has 1 aromatic carbocycles. The van der Waals surface area contributed by atoms with Gasteiger partial charge in [-0.2, -0.15) is 5.26 Å². The van der Waals surface area contributed by atoms with Crippen molar-refractivity contribution in [3.8, 4) is 6.07 Å². The molecular formula is C17H17ClN4. The van der Waals surface area contributed by atoms with Crippen LogP contribution in [-0.4, -0.2) is 24.1 Å². The van der Waals surface area contributed by atoms with Crippen LogP contribution in [0.4, 0.5) is 11.5 Å². The zero-order valence-electron chi connectivity index (χ0n) is 12.2. The van der Waals surface area contributed by atoms with E-state index < -0.39 is 0 Å². The molecular weight excluding hydrogens is 296 g/mol. The Morgan fingerprint density at radius 2 is 2.05 bits per heavy atom. The van der Waals surface area contributed by atoms with Gasteiger partial charge < -0.3 is 10.2 Å². The number of nitrogens with zero attached hydrogens (tertiary/aromatic N) is 3. The van der Waals surface area contributed by atoms with E-state index in [0.29, 0.717) is 11.1 Å². The van der Waals surface area contributed by atoms with E-state index >= 15 is 0 Å². The van der Waals surface area contributed by atoms with Crippen molar-refractivity contribution in [2.45, 2.75) is 18.9 Å². The first kappa shape index (κ1) is 14.7. The maximum atomic E-state index is 9.06. The maximum absolute atomic E-state index is 9.06. The number of hydrogen-bond donors (Lipinski definition) is 1. The summed E-state index contributed by atoms with van der Waals surface area (Å²) >= 11 is 5.96. The number of hydrogen-bond acceptors (Lipinski definition) is 4. The number of piperidine rings is 1. The minimum atomic E-state index is 0.289. The second kappa shape index (κ2) is 6.67. The summed E-state index contributed by atoms with van der Waals surface area (Å²) in [5.74, 6) is 0.820. The minimum Gasteiger partial charge on any atom is -0.381 e. The third-order valence-electron chi connectivity index (χ3n) is 3.83. The number of benzene rings is 1. The summed E-state index contributed by atoms with van der Waals surface area (Å²) in [5.41, 5.74) is 1.42. The maximum Gasteiger partial charge on any atom is 0.161 e. The van der Waals surface area contributed by atoms with Gasteiger partial charge in [0.2, 0.25) is 0 Å². The summed E-state index contributed by atoms with van der Waals surface area (Å²) in [7, 11) is 0. The van der Waals surface area contributed by atoms with Crippen LogP contribution in [0.15, 0.2) is 42.5 Å². The molecule has 0 amide bonds. The van der Waals surface area contributed by atoms with Crippen LogP contribution in [0.1, 0.15) is 18.5 Å². The number of rotatable bonds is 3. The van der Waals surface area contributed by atoms with Gasteiger partial charge in [-0.25, -0.2) is 4.98 Å². The Morgan fingerprint density at radius 1 is 1.23 bits per heavy atom. The Labute approximate surface area is 135 Å². The number of anilines is 2. The quantitative estimate of drug-likeness (QED) is 0.939. The average molecular weight is 313 g/mol. The smallest absolute Gasteiger partial charge is 0.161 e. The molecule has 3 rings (SSSR count). The lowest BCUT2D eigenvalue weighted by molar-refractivity contribution is 0.527. The minimum absolute atomic E-state index is 0.289. The Balaban J connectivity index is 1.72. The molecule has 112 valence electrons. The van der Waals surface area contributed by atoms with Crippen molar-refractivity contribution < 1.29 is 0 Å². The summed E-state index contributed by atoms with van der Waals surface area (Å²) in [6.45, 7) is 1.82. The summed E-state index contributed by atoms with van der Waals surface area (Å²) in [4.78, 5) is 6.57. The van der Waals surface area contributed by atoms with Crippen molar-refractivity contribution in [2.75, 3.05) is 23.3 Å². The number of pyridine rings is 1. The van der Waals surface area contributed by atoms with Crippen LogP contribution in [0.25, 0.3) is 0 Å². The van der Waals surface area contributed by atoms with Gasteiger partial charge >= 0.3 is 0 Å². The second-order valence-corrected chi connectivity index (χ2v) is 5.81. The van der Waals surface area contributed by atoms with Gasteiger partial charge in [0.1, 0.15) is 11.9 Å². The Kier molecular flexibility index (Phi) is 4.45. The Bertz CT molecular complexity index is 681. The summed E-state index contributed by atoms with van der Waals surface area (Å²) in [6, 6.07) is 16.3. The summed E-state index contributed by atoms with van der Waals surface area (Å²) in [5, 5.41) is 13.0. The van der Waals surface area contributed by atoms with E-state index in [1.807, 2.05) is 30.3 Å². The lowest BCUT2D eigenvalue weighted by atomic mass is 10.1. The molecule has 0 aliphatic carbocycles. The van der Waals surface area contributed by atoms with Gasteiger partial charge in [0, 0.05) is 24.8 Å². The van der Waals surface area contributed by atoms with Crippen molar-refractivity contribution in [3.63, 3.8) is 0 Å². The van der Waals surface area contributed by atoms with Gasteiger partial charge in [-0.1, -0.05) is 29.8 Å². The molecule has 2 aromatic rings. The van der Waals surface area contributed by atoms with Crippen molar-refractivity contribution in [3.05, 3.63) is 53.2 Å². The highest BCUT2D eigenvalue weighted by Gasteiger charge is 2.21. The van der Waals surface area contributed by atoms with Crippen molar-refractivity contribution in [2.24, 2.45) is 0 Å². The lowest BCUT2D eigenvalue weighted by Crippen LogP contribution is -2.42. The highest BCUT2D eigenvalue weighted by atomic mass is 35.5. The van der Waals surface area contributed by atoms with Crippen LogP contribution < -0.4 is 10.2 Å². The van der Waals surface area contributed by atoms with E-state index in [0.717, 1.165) is 37.4 Å². The number of nitriles is 1. The van der Waals surface area contributed by atoms with Gasteiger partial charge in [-0.05, 0) is 37.1 Å². The fraction of sp³-hybridized carbons (Fsp3) is 0.294. The number of nitrogens with one attached hydrogen (secondary N) is 1. The number of aromatic nitrogens is 1. The average Bonchev–Trinajstić information content (AvgIpc) is 2.56. The van der Waals surface area contributed by atoms with Crippen LogP contribution in [0.2, 0.25) is 5.02 Å². The number of halogens is 1. The van der Waals surface area contributed by atoms with Crippen LogP contribution in [0.3, 0.4) is 0 Å². The highest BCUT2D eigenvalue weighted by molar-refractivity contribution is 6.31. The predicted molar refractivity (Wildman–Crippen MR) is 89.3 cm³/mol. The van der Waals surface area contributed by atoms with Crippen molar-refractivity contribution in [1.82, 2.24) is 4.98 Å². The molecule has 1 unspecified atom stereocenters. The van der Waals surface area contributed by atoms with E-state index in [4.69, 9.17) is 16.9 Å².